The molecule has 2 saturated heterocycles. The van der Waals surface area contributed by atoms with E-state index in [2.05, 4.69) is 29.0 Å². The molecule has 2 fully saturated rings. The lowest BCUT2D eigenvalue weighted by Crippen LogP contribution is -2.49. The van der Waals surface area contributed by atoms with E-state index in [-0.39, 0.29) is 6.04 Å². The molecule has 4 nitrogen and oxygen atoms in total. The molecule has 0 saturated carbocycles. The highest BCUT2D eigenvalue weighted by molar-refractivity contribution is 5.82. The molecule has 3 atom stereocenters. The van der Waals surface area contributed by atoms with E-state index in [1.54, 1.807) is 0 Å². The normalized spacial score (nSPS) is 29.5. The quantitative estimate of drug-likeness (QED) is 0.829. The first-order valence-electron chi connectivity index (χ1n) is 7.66. The second kappa shape index (κ2) is 6.23. The number of rotatable bonds is 3. The third kappa shape index (κ3) is 3.29. The first-order chi connectivity index (χ1) is 9.00. The predicted molar refractivity (Wildman–Crippen MR) is 78.0 cm³/mol. The molecule has 2 aliphatic heterocycles. The lowest BCUT2D eigenvalue weighted by Gasteiger charge is -2.32. The molecular formula is C15H29N3O. The summed E-state index contributed by atoms with van der Waals surface area (Å²) in [4.78, 5) is 16.9. The number of fused-ring (bicyclic) bond motifs is 1. The van der Waals surface area contributed by atoms with Crippen molar-refractivity contribution in [1.82, 2.24) is 15.1 Å². The van der Waals surface area contributed by atoms with Gasteiger partial charge in [0.2, 0.25) is 5.91 Å². The highest BCUT2D eigenvalue weighted by atomic mass is 16.2. The molecule has 0 aromatic carbocycles. The van der Waals surface area contributed by atoms with Crippen molar-refractivity contribution >= 4 is 5.91 Å². The van der Waals surface area contributed by atoms with Crippen molar-refractivity contribution < 1.29 is 4.79 Å². The average molecular weight is 267 g/mol. The van der Waals surface area contributed by atoms with Crippen LogP contribution in [0.4, 0.5) is 0 Å². The minimum atomic E-state index is 0.0241. The summed E-state index contributed by atoms with van der Waals surface area (Å²) in [5.74, 6) is 2.27. The van der Waals surface area contributed by atoms with Gasteiger partial charge in [-0.05, 0) is 57.8 Å². The Kier molecular flexibility index (Phi) is 4.85. The second-order valence-electron chi connectivity index (χ2n) is 6.73. The van der Waals surface area contributed by atoms with Crippen molar-refractivity contribution in [1.29, 1.82) is 0 Å². The molecule has 0 aliphatic carbocycles. The highest BCUT2D eigenvalue weighted by Gasteiger charge is 2.34. The van der Waals surface area contributed by atoms with Gasteiger partial charge in [-0.2, -0.15) is 0 Å². The summed E-state index contributed by atoms with van der Waals surface area (Å²) < 4.78 is 0. The third-order valence-electron chi connectivity index (χ3n) is 4.77. The van der Waals surface area contributed by atoms with E-state index in [4.69, 9.17) is 0 Å². The molecule has 0 radical (unpaired) electrons. The number of carbonyl (C=O) groups excluding carboxylic acids is 1. The van der Waals surface area contributed by atoms with Gasteiger partial charge in [-0.15, -0.1) is 0 Å². The fourth-order valence-electron chi connectivity index (χ4n) is 3.73. The molecule has 19 heavy (non-hydrogen) atoms. The van der Waals surface area contributed by atoms with Gasteiger partial charge in [-0.25, -0.2) is 0 Å². The maximum atomic E-state index is 12.7. The monoisotopic (exact) mass is 267 g/mol. The molecule has 0 spiro atoms. The molecule has 2 rings (SSSR count). The van der Waals surface area contributed by atoms with E-state index in [1.165, 1.54) is 12.8 Å². The molecule has 1 N–H and O–H groups in total. The number of nitrogens with zero attached hydrogens (tertiary/aromatic N) is 2. The Morgan fingerprint density at radius 3 is 2.11 bits per heavy atom. The van der Waals surface area contributed by atoms with Gasteiger partial charge in [0.25, 0.3) is 0 Å². The summed E-state index contributed by atoms with van der Waals surface area (Å²) in [6.45, 7) is 8.46. The third-order valence-corrected chi connectivity index (χ3v) is 4.77. The summed E-state index contributed by atoms with van der Waals surface area (Å²) in [5.41, 5.74) is 0. The Morgan fingerprint density at radius 2 is 1.68 bits per heavy atom. The number of amides is 1. The summed E-state index contributed by atoms with van der Waals surface area (Å²) in [6, 6.07) is 0.0241. The van der Waals surface area contributed by atoms with Crippen LogP contribution in [0.3, 0.4) is 0 Å². The number of carbonyl (C=O) groups is 1. The maximum absolute atomic E-state index is 12.7. The van der Waals surface area contributed by atoms with Crippen LogP contribution in [0.5, 0.6) is 0 Å². The second-order valence-corrected chi connectivity index (χ2v) is 6.73. The lowest BCUT2D eigenvalue weighted by atomic mass is 9.92. The number of hydrogen-bond donors (Lipinski definition) is 1. The van der Waals surface area contributed by atoms with Crippen LogP contribution in [0.2, 0.25) is 0 Å². The maximum Gasteiger partial charge on any atom is 0.240 e. The van der Waals surface area contributed by atoms with Gasteiger partial charge in [-0.3, -0.25) is 9.69 Å². The molecule has 110 valence electrons. The van der Waals surface area contributed by atoms with Gasteiger partial charge < -0.3 is 10.2 Å². The molecular weight excluding hydrogens is 238 g/mol. The zero-order valence-electron chi connectivity index (χ0n) is 12.9. The zero-order valence-corrected chi connectivity index (χ0v) is 12.9. The van der Waals surface area contributed by atoms with Gasteiger partial charge in [0.15, 0.2) is 0 Å². The highest BCUT2D eigenvalue weighted by Crippen LogP contribution is 2.27. The first kappa shape index (κ1) is 14.8. The summed E-state index contributed by atoms with van der Waals surface area (Å²) in [6.07, 6.45) is 2.34. The van der Waals surface area contributed by atoms with Crippen molar-refractivity contribution in [3.63, 3.8) is 0 Å². The molecule has 0 unspecified atom stereocenters. The van der Waals surface area contributed by atoms with Crippen molar-refractivity contribution in [2.75, 3.05) is 40.3 Å². The van der Waals surface area contributed by atoms with Crippen LogP contribution < -0.4 is 5.32 Å². The van der Waals surface area contributed by atoms with Gasteiger partial charge in [0, 0.05) is 13.1 Å². The van der Waals surface area contributed by atoms with Crippen LogP contribution in [-0.4, -0.2) is 62.0 Å². The average Bonchev–Trinajstić information content (AvgIpc) is 2.67. The van der Waals surface area contributed by atoms with Gasteiger partial charge in [-0.1, -0.05) is 13.8 Å². The van der Waals surface area contributed by atoms with E-state index >= 15 is 0 Å². The van der Waals surface area contributed by atoms with Gasteiger partial charge in [0.05, 0.1) is 6.04 Å². The Labute approximate surface area is 117 Å². The van der Waals surface area contributed by atoms with Crippen LogP contribution in [0.25, 0.3) is 0 Å². The minimum Gasteiger partial charge on any atom is -0.341 e. The Balaban J connectivity index is 1.99. The van der Waals surface area contributed by atoms with E-state index in [1.807, 2.05) is 14.1 Å². The zero-order chi connectivity index (χ0) is 14.0. The first-order valence-corrected chi connectivity index (χ1v) is 7.66. The molecule has 0 aromatic rings. The molecule has 0 aromatic heterocycles. The van der Waals surface area contributed by atoms with E-state index in [9.17, 15) is 4.79 Å². The fraction of sp³-hybridized carbons (Fsp3) is 0.933. The largest absolute Gasteiger partial charge is 0.341 e. The van der Waals surface area contributed by atoms with Crippen molar-refractivity contribution in [3.8, 4) is 0 Å². The van der Waals surface area contributed by atoms with E-state index < -0.39 is 0 Å². The summed E-state index contributed by atoms with van der Waals surface area (Å²) in [5, 5.41) is 3.48. The molecule has 2 aliphatic rings. The van der Waals surface area contributed by atoms with Gasteiger partial charge >= 0.3 is 0 Å². The summed E-state index contributed by atoms with van der Waals surface area (Å²) in [7, 11) is 4.03. The van der Waals surface area contributed by atoms with Crippen molar-refractivity contribution in [3.05, 3.63) is 0 Å². The SMILES string of the molecule is CC(C)[C@H](C(=O)N1CC[C@@H]2CNC[C@@H]2CC1)N(C)C. The van der Waals surface area contributed by atoms with Gasteiger partial charge in [0.1, 0.15) is 0 Å². The smallest absolute Gasteiger partial charge is 0.240 e. The van der Waals surface area contributed by atoms with Crippen LogP contribution >= 0.6 is 0 Å². The standard InChI is InChI=1S/C15H29N3O/c1-11(2)14(17(3)4)15(19)18-7-5-12-9-16-10-13(12)6-8-18/h11-14,16H,5-10H2,1-4H3/t12-,13+,14-/m1/s1. The Morgan fingerprint density at radius 1 is 1.16 bits per heavy atom. The number of likely N-dealkylation sites (N-methyl/N-ethyl adjacent to an activating group) is 1. The van der Waals surface area contributed by atoms with Crippen LogP contribution in [0.1, 0.15) is 26.7 Å². The molecule has 2 heterocycles. The minimum absolute atomic E-state index is 0.0241. The fourth-order valence-corrected chi connectivity index (χ4v) is 3.73. The van der Waals surface area contributed by atoms with Crippen molar-refractivity contribution in [2.45, 2.75) is 32.7 Å². The number of nitrogens with one attached hydrogen (secondary N) is 1. The van der Waals surface area contributed by atoms with E-state index in [0.29, 0.717) is 11.8 Å². The predicted octanol–water partition coefficient (Wildman–Crippen LogP) is 1.03. The number of hydrogen-bond acceptors (Lipinski definition) is 3. The van der Waals surface area contributed by atoms with Crippen LogP contribution in [0, 0.1) is 17.8 Å². The Hall–Kier alpha value is -0.610. The topological polar surface area (TPSA) is 35.6 Å². The Bertz CT molecular complexity index is 295. The van der Waals surface area contributed by atoms with Crippen molar-refractivity contribution in [2.24, 2.45) is 17.8 Å². The lowest BCUT2D eigenvalue weighted by molar-refractivity contribution is -0.137. The molecule has 0 bridgehead atoms. The van der Waals surface area contributed by atoms with Crippen LogP contribution in [-0.2, 0) is 4.79 Å². The van der Waals surface area contributed by atoms with E-state index in [0.717, 1.165) is 38.0 Å². The summed E-state index contributed by atoms with van der Waals surface area (Å²) >= 11 is 0. The number of likely N-dealkylation sites (tertiary alicyclic amines) is 1. The van der Waals surface area contributed by atoms with Crippen LogP contribution in [0.15, 0.2) is 0 Å². The molecule has 4 heteroatoms. The molecule has 1 amide bonds.